The third-order valence-electron chi connectivity index (χ3n) is 5.67. The molecule has 2 aromatic rings. The first-order valence-electron chi connectivity index (χ1n) is 10.3. The Morgan fingerprint density at radius 3 is 2.39 bits per heavy atom. The molecule has 0 bridgehead atoms. The number of hydrogen-bond donors (Lipinski definition) is 1. The van der Waals surface area contributed by atoms with Crippen molar-refractivity contribution >= 4 is 34.2 Å². The first kappa shape index (κ1) is 22.7. The fourth-order valence-electron chi connectivity index (χ4n) is 3.84. The van der Waals surface area contributed by atoms with Crippen molar-refractivity contribution in [2.45, 2.75) is 40.5 Å². The number of aryl methyl sites for hydroxylation is 3. The van der Waals surface area contributed by atoms with E-state index in [1.807, 2.05) is 39.0 Å². The molecule has 164 valence electrons. The second-order valence-corrected chi connectivity index (χ2v) is 8.95. The van der Waals surface area contributed by atoms with Crippen molar-refractivity contribution < 1.29 is 24.2 Å². The van der Waals surface area contributed by atoms with Gasteiger partial charge in [0.05, 0.1) is 12.5 Å². The maximum Gasteiger partial charge on any atom is 0.341 e. The molecule has 1 N–H and O–H groups in total. The number of esters is 1. The Labute approximate surface area is 185 Å². The molecule has 0 saturated heterocycles. The number of carbonyl (C=O) groups is 3. The summed E-state index contributed by atoms with van der Waals surface area (Å²) in [6.07, 6.45) is 4.12. The molecule has 2 unspecified atom stereocenters. The van der Waals surface area contributed by atoms with Gasteiger partial charge in [0.15, 0.2) is 0 Å². The number of thiophene rings is 1. The van der Waals surface area contributed by atoms with Crippen LogP contribution < -0.4 is 10.4 Å². The highest BCUT2D eigenvalue weighted by molar-refractivity contribution is 7.17. The minimum atomic E-state index is -1.24. The van der Waals surface area contributed by atoms with Crippen molar-refractivity contribution in [3.8, 4) is 11.1 Å². The number of nitrogens with one attached hydrogen (secondary N) is 1. The lowest BCUT2D eigenvalue weighted by molar-refractivity contribution is -0.313. The molecule has 6 nitrogen and oxygen atoms in total. The van der Waals surface area contributed by atoms with Gasteiger partial charge in [0, 0.05) is 22.3 Å². The van der Waals surface area contributed by atoms with Gasteiger partial charge in [-0.25, -0.2) is 4.79 Å². The molecule has 0 saturated carbocycles. The van der Waals surface area contributed by atoms with Crippen LogP contribution in [-0.2, 0) is 14.3 Å². The van der Waals surface area contributed by atoms with Crippen molar-refractivity contribution in [2.75, 3.05) is 11.9 Å². The highest BCUT2D eigenvalue weighted by Crippen LogP contribution is 2.41. The zero-order valence-corrected chi connectivity index (χ0v) is 18.9. The Hall–Kier alpha value is -2.93. The maximum absolute atomic E-state index is 13.0. The average Bonchev–Trinajstić information content (AvgIpc) is 3.05. The molecule has 1 heterocycles. The van der Waals surface area contributed by atoms with E-state index in [-0.39, 0.29) is 13.0 Å². The predicted molar refractivity (Wildman–Crippen MR) is 119 cm³/mol. The number of anilines is 1. The highest BCUT2D eigenvalue weighted by atomic mass is 32.1. The van der Waals surface area contributed by atoms with Gasteiger partial charge in [-0.05, 0) is 57.2 Å². The van der Waals surface area contributed by atoms with Crippen LogP contribution in [0.25, 0.3) is 11.1 Å². The molecule has 0 radical (unpaired) electrons. The molecule has 7 heteroatoms. The average molecular weight is 441 g/mol. The SMILES string of the molecule is CCOC(=O)c1c(NC(=O)C2CC=CCC2C(=O)[O-])sc(C)c1-c1ccc(C)c(C)c1. The van der Waals surface area contributed by atoms with Crippen LogP contribution >= 0.6 is 11.3 Å². The summed E-state index contributed by atoms with van der Waals surface area (Å²) in [5.41, 5.74) is 4.13. The summed E-state index contributed by atoms with van der Waals surface area (Å²) in [4.78, 5) is 38.2. The molecule has 1 aromatic heterocycles. The van der Waals surface area contributed by atoms with Gasteiger partial charge >= 0.3 is 5.97 Å². The topological polar surface area (TPSA) is 95.5 Å². The third-order valence-corrected chi connectivity index (χ3v) is 6.69. The van der Waals surface area contributed by atoms with Crippen LogP contribution in [0.3, 0.4) is 0 Å². The summed E-state index contributed by atoms with van der Waals surface area (Å²) < 4.78 is 5.29. The summed E-state index contributed by atoms with van der Waals surface area (Å²) >= 11 is 1.29. The van der Waals surface area contributed by atoms with E-state index in [0.717, 1.165) is 27.1 Å². The van der Waals surface area contributed by atoms with Crippen LogP contribution in [0, 0.1) is 32.6 Å². The smallest absolute Gasteiger partial charge is 0.341 e. The number of rotatable bonds is 6. The Balaban J connectivity index is 2.03. The van der Waals surface area contributed by atoms with E-state index >= 15 is 0 Å². The number of carboxylic acid groups (broad SMARTS) is 1. The van der Waals surface area contributed by atoms with Crippen molar-refractivity contribution in [3.63, 3.8) is 0 Å². The quantitative estimate of drug-likeness (QED) is 0.545. The first-order chi connectivity index (χ1) is 14.7. The van der Waals surface area contributed by atoms with E-state index in [9.17, 15) is 19.5 Å². The van der Waals surface area contributed by atoms with E-state index in [0.29, 0.717) is 17.0 Å². The Morgan fingerprint density at radius 1 is 1.10 bits per heavy atom. The van der Waals surface area contributed by atoms with Gasteiger partial charge in [0.25, 0.3) is 0 Å². The number of benzene rings is 1. The Bertz CT molecular complexity index is 1050. The first-order valence-corrected chi connectivity index (χ1v) is 11.1. The summed E-state index contributed by atoms with van der Waals surface area (Å²) in [5, 5.41) is 14.7. The summed E-state index contributed by atoms with van der Waals surface area (Å²) in [7, 11) is 0. The van der Waals surface area contributed by atoms with Gasteiger partial charge in [-0.3, -0.25) is 4.79 Å². The molecule has 0 fully saturated rings. The minimum Gasteiger partial charge on any atom is -0.550 e. The largest absolute Gasteiger partial charge is 0.550 e. The molecule has 3 rings (SSSR count). The van der Waals surface area contributed by atoms with Crippen molar-refractivity contribution in [3.05, 3.63) is 51.9 Å². The van der Waals surface area contributed by atoms with Crippen LogP contribution in [0.2, 0.25) is 0 Å². The number of carboxylic acids is 1. The van der Waals surface area contributed by atoms with Crippen LogP contribution in [0.15, 0.2) is 30.4 Å². The standard InChI is InChI=1S/C24H27NO5S/c1-5-30-24(29)20-19(16-11-10-13(2)14(3)12-16)15(4)31-22(20)25-21(26)17-8-6-7-9-18(17)23(27)28/h6-7,10-12,17-18H,5,8-9H2,1-4H3,(H,25,26)(H,27,28)/p-1. The molecule has 0 spiro atoms. The fourth-order valence-corrected chi connectivity index (χ4v) is 4.91. The van der Waals surface area contributed by atoms with E-state index in [1.54, 1.807) is 19.1 Å². The molecule has 31 heavy (non-hydrogen) atoms. The lowest BCUT2D eigenvalue weighted by atomic mass is 9.82. The molecule has 1 aliphatic rings. The van der Waals surface area contributed by atoms with Gasteiger partial charge in [-0.15, -0.1) is 11.3 Å². The van der Waals surface area contributed by atoms with E-state index < -0.39 is 29.7 Å². The van der Waals surface area contributed by atoms with Crippen molar-refractivity contribution in [1.29, 1.82) is 0 Å². The normalized spacial score (nSPS) is 17.9. The Kier molecular flexibility index (Phi) is 6.95. The lowest BCUT2D eigenvalue weighted by Crippen LogP contribution is -2.41. The summed E-state index contributed by atoms with van der Waals surface area (Å²) in [6.45, 7) is 7.84. The van der Waals surface area contributed by atoms with E-state index in [1.165, 1.54) is 11.3 Å². The van der Waals surface area contributed by atoms with Gasteiger partial charge in [-0.1, -0.05) is 30.4 Å². The Morgan fingerprint density at radius 2 is 1.77 bits per heavy atom. The van der Waals surface area contributed by atoms with Crippen LogP contribution in [-0.4, -0.2) is 24.5 Å². The molecule has 1 aliphatic carbocycles. The number of aliphatic carboxylic acids is 1. The molecule has 0 aliphatic heterocycles. The van der Waals surface area contributed by atoms with E-state index in [2.05, 4.69) is 5.32 Å². The zero-order chi connectivity index (χ0) is 22.7. The van der Waals surface area contributed by atoms with Crippen LogP contribution in [0.1, 0.15) is 46.1 Å². The van der Waals surface area contributed by atoms with E-state index in [4.69, 9.17) is 4.74 Å². The fraction of sp³-hybridized carbons (Fsp3) is 0.375. The summed E-state index contributed by atoms with van der Waals surface area (Å²) in [6, 6.07) is 5.95. The zero-order valence-electron chi connectivity index (χ0n) is 18.1. The van der Waals surface area contributed by atoms with Gasteiger partial charge in [-0.2, -0.15) is 0 Å². The van der Waals surface area contributed by atoms with Crippen molar-refractivity contribution in [1.82, 2.24) is 0 Å². The number of hydrogen-bond acceptors (Lipinski definition) is 6. The lowest BCUT2D eigenvalue weighted by Gasteiger charge is -2.28. The molecule has 2 atom stereocenters. The molecular weight excluding hydrogens is 414 g/mol. The van der Waals surface area contributed by atoms with Gasteiger partial charge < -0.3 is 20.0 Å². The van der Waals surface area contributed by atoms with Gasteiger partial charge in [0.2, 0.25) is 5.91 Å². The maximum atomic E-state index is 13.0. The number of amides is 1. The molecule has 1 aromatic carbocycles. The molecular formula is C24H26NO5S-. The highest BCUT2D eigenvalue weighted by Gasteiger charge is 2.32. The number of carbonyl (C=O) groups excluding carboxylic acids is 3. The monoisotopic (exact) mass is 440 g/mol. The second kappa shape index (κ2) is 9.47. The second-order valence-electron chi connectivity index (χ2n) is 7.72. The number of allylic oxidation sites excluding steroid dienone is 2. The summed E-state index contributed by atoms with van der Waals surface area (Å²) in [5.74, 6) is -3.84. The van der Waals surface area contributed by atoms with Crippen LogP contribution in [0.4, 0.5) is 5.00 Å². The number of ether oxygens (including phenoxy) is 1. The third kappa shape index (κ3) is 4.71. The minimum absolute atomic E-state index is 0.202. The van der Waals surface area contributed by atoms with Crippen LogP contribution in [0.5, 0.6) is 0 Å². The van der Waals surface area contributed by atoms with Crippen molar-refractivity contribution in [2.24, 2.45) is 11.8 Å². The predicted octanol–water partition coefficient (Wildman–Crippen LogP) is 3.79. The molecule has 1 amide bonds. The van der Waals surface area contributed by atoms with Gasteiger partial charge in [0.1, 0.15) is 10.6 Å².